The topological polar surface area (TPSA) is 32.3 Å². The Hall–Kier alpha value is -0.940. The van der Waals surface area contributed by atoms with Gasteiger partial charge in [-0.05, 0) is 40.5 Å². The van der Waals surface area contributed by atoms with Crippen LogP contribution in [0, 0.1) is 5.82 Å². The van der Waals surface area contributed by atoms with Crippen molar-refractivity contribution >= 4 is 21.8 Å². The number of halogens is 2. The van der Waals surface area contributed by atoms with Gasteiger partial charge in [0.15, 0.2) is 0 Å². The highest BCUT2D eigenvalue weighted by Crippen LogP contribution is 2.21. The van der Waals surface area contributed by atoms with Crippen LogP contribution in [-0.2, 0) is 0 Å². The van der Waals surface area contributed by atoms with E-state index in [4.69, 9.17) is 0 Å². The number of benzene rings is 1. The molecule has 2 rings (SSSR count). The molecule has 0 saturated carbocycles. The first-order valence-electron chi connectivity index (χ1n) is 6.10. The van der Waals surface area contributed by atoms with Crippen LogP contribution >= 0.6 is 15.9 Å². The van der Waals surface area contributed by atoms with Crippen molar-refractivity contribution in [3.8, 4) is 0 Å². The molecule has 0 radical (unpaired) electrons. The van der Waals surface area contributed by atoms with Gasteiger partial charge in [0.25, 0.3) is 5.91 Å². The molecule has 1 heterocycles. The summed E-state index contributed by atoms with van der Waals surface area (Å²) < 4.78 is 13.9. The van der Waals surface area contributed by atoms with Gasteiger partial charge in [0.05, 0.1) is 11.6 Å². The summed E-state index contributed by atoms with van der Waals surface area (Å²) in [5, 5.41) is 3.15. The highest BCUT2D eigenvalue weighted by molar-refractivity contribution is 9.10. The van der Waals surface area contributed by atoms with Gasteiger partial charge in [-0.3, -0.25) is 4.79 Å². The maximum atomic E-state index is 13.2. The molecule has 0 bridgehead atoms. The Morgan fingerprint density at radius 2 is 2.28 bits per heavy atom. The molecular formula is C13H16BrFN2O. The maximum Gasteiger partial charge on any atom is 0.255 e. The quantitative estimate of drug-likeness (QED) is 0.925. The number of hydrogen-bond acceptors (Lipinski definition) is 2. The summed E-state index contributed by atoms with van der Waals surface area (Å²) in [6.07, 6.45) is 0.898. The molecule has 1 aliphatic heterocycles. The van der Waals surface area contributed by atoms with Gasteiger partial charge in [0.2, 0.25) is 0 Å². The number of carbonyl (C=O) groups is 1. The molecular weight excluding hydrogens is 299 g/mol. The summed E-state index contributed by atoms with van der Waals surface area (Å²) in [7, 11) is 0. The number of amides is 1. The fraction of sp³-hybridized carbons (Fsp3) is 0.462. The van der Waals surface area contributed by atoms with Gasteiger partial charge in [-0.2, -0.15) is 0 Å². The van der Waals surface area contributed by atoms with Crippen LogP contribution in [0.15, 0.2) is 22.7 Å². The third-order valence-corrected chi connectivity index (χ3v) is 3.78. The Kier molecular flexibility index (Phi) is 4.35. The predicted molar refractivity (Wildman–Crippen MR) is 72.1 cm³/mol. The summed E-state index contributed by atoms with van der Waals surface area (Å²) in [5.41, 5.74) is 0.398. The van der Waals surface area contributed by atoms with Gasteiger partial charge in [-0.25, -0.2) is 4.39 Å². The van der Waals surface area contributed by atoms with Crippen molar-refractivity contribution in [3.05, 3.63) is 34.1 Å². The molecule has 18 heavy (non-hydrogen) atoms. The summed E-state index contributed by atoms with van der Waals surface area (Å²) in [5.74, 6) is -0.487. The summed E-state index contributed by atoms with van der Waals surface area (Å²) >= 11 is 3.31. The molecule has 98 valence electrons. The van der Waals surface area contributed by atoms with E-state index in [2.05, 4.69) is 21.2 Å². The molecule has 1 aromatic carbocycles. The van der Waals surface area contributed by atoms with Gasteiger partial charge in [0, 0.05) is 24.1 Å². The van der Waals surface area contributed by atoms with Crippen molar-refractivity contribution in [3.63, 3.8) is 0 Å². The molecule has 1 fully saturated rings. The molecule has 1 saturated heterocycles. The van der Waals surface area contributed by atoms with Crippen LogP contribution in [0.2, 0.25) is 0 Å². The predicted octanol–water partition coefficient (Wildman–Crippen LogP) is 2.41. The largest absolute Gasteiger partial charge is 0.333 e. The molecule has 3 nitrogen and oxygen atoms in total. The number of nitrogens with one attached hydrogen (secondary N) is 1. The van der Waals surface area contributed by atoms with Crippen LogP contribution < -0.4 is 5.32 Å². The van der Waals surface area contributed by atoms with Crippen molar-refractivity contribution < 1.29 is 9.18 Å². The fourth-order valence-corrected chi connectivity index (χ4v) is 2.42. The van der Waals surface area contributed by atoms with Crippen LogP contribution in [0.3, 0.4) is 0 Å². The van der Waals surface area contributed by atoms with Crippen molar-refractivity contribution in [1.82, 2.24) is 10.2 Å². The van der Waals surface area contributed by atoms with E-state index in [1.165, 1.54) is 12.1 Å². The first-order valence-corrected chi connectivity index (χ1v) is 6.89. The number of rotatable bonds is 4. The molecule has 1 aliphatic rings. The zero-order valence-electron chi connectivity index (χ0n) is 10.2. The molecule has 0 atom stereocenters. The van der Waals surface area contributed by atoms with Gasteiger partial charge < -0.3 is 10.2 Å². The first kappa shape index (κ1) is 13.5. The molecule has 0 unspecified atom stereocenters. The number of hydrogen-bond donors (Lipinski definition) is 1. The number of nitrogens with zero attached hydrogens (tertiary/aromatic N) is 1. The Bertz CT molecular complexity index is 449. The average molecular weight is 315 g/mol. The lowest BCUT2D eigenvalue weighted by atomic mass is 10.1. The minimum atomic E-state index is -0.385. The minimum Gasteiger partial charge on any atom is -0.333 e. The monoisotopic (exact) mass is 314 g/mol. The summed E-state index contributed by atoms with van der Waals surface area (Å²) in [4.78, 5) is 14.3. The van der Waals surface area contributed by atoms with Crippen molar-refractivity contribution in [2.45, 2.75) is 19.4 Å². The van der Waals surface area contributed by atoms with Gasteiger partial charge in [0.1, 0.15) is 5.82 Å². The van der Waals surface area contributed by atoms with E-state index in [1.807, 2.05) is 11.8 Å². The molecule has 0 aliphatic carbocycles. The summed E-state index contributed by atoms with van der Waals surface area (Å²) in [6, 6.07) is 4.44. The van der Waals surface area contributed by atoms with Crippen LogP contribution in [0.25, 0.3) is 0 Å². The second kappa shape index (κ2) is 5.80. The highest BCUT2D eigenvalue weighted by Gasteiger charge is 2.29. The minimum absolute atomic E-state index is 0.102. The second-order valence-electron chi connectivity index (χ2n) is 4.43. The van der Waals surface area contributed by atoms with E-state index in [0.717, 1.165) is 19.5 Å². The molecule has 1 aromatic rings. The van der Waals surface area contributed by atoms with Gasteiger partial charge in [-0.15, -0.1) is 0 Å². The zero-order chi connectivity index (χ0) is 13.1. The van der Waals surface area contributed by atoms with E-state index in [9.17, 15) is 9.18 Å². The smallest absolute Gasteiger partial charge is 0.255 e. The fourth-order valence-electron chi connectivity index (χ4n) is 2.00. The van der Waals surface area contributed by atoms with Crippen LogP contribution in [-0.4, -0.2) is 36.5 Å². The van der Waals surface area contributed by atoms with Crippen molar-refractivity contribution in [2.75, 3.05) is 19.6 Å². The molecule has 1 N–H and O–H groups in total. The second-order valence-corrected chi connectivity index (χ2v) is 5.29. The summed E-state index contributed by atoms with van der Waals surface area (Å²) in [6.45, 7) is 4.37. The van der Waals surface area contributed by atoms with E-state index in [1.54, 1.807) is 6.07 Å². The Balaban J connectivity index is 2.23. The van der Waals surface area contributed by atoms with Crippen LogP contribution in [0.5, 0.6) is 0 Å². The number of carbonyl (C=O) groups excluding carboxylic acids is 1. The van der Waals surface area contributed by atoms with Gasteiger partial charge in [-0.1, -0.05) is 6.92 Å². The van der Waals surface area contributed by atoms with Crippen molar-refractivity contribution in [1.29, 1.82) is 0 Å². The standard InChI is InChI=1S/C13H16BrFN2O/c1-2-5-17(10-7-16-8-10)13(18)11-6-9(15)3-4-12(11)14/h3-4,6,10,16H,2,5,7-8H2,1H3. The van der Waals surface area contributed by atoms with Gasteiger partial charge >= 0.3 is 0 Å². The Morgan fingerprint density at radius 3 is 2.83 bits per heavy atom. The lowest BCUT2D eigenvalue weighted by Gasteiger charge is -2.38. The third kappa shape index (κ3) is 2.72. The lowest BCUT2D eigenvalue weighted by molar-refractivity contribution is 0.0614. The van der Waals surface area contributed by atoms with E-state index in [0.29, 0.717) is 16.6 Å². The van der Waals surface area contributed by atoms with Crippen molar-refractivity contribution in [2.24, 2.45) is 0 Å². The first-order chi connectivity index (χ1) is 8.63. The average Bonchev–Trinajstić information content (AvgIpc) is 2.28. The SMILES string of the molecule is CCCN(C(=O)c1cc(F)ccc1Br)C1CNC1. The van der Waals surface area contributed by atoms with Crippen LogP contribution in [0.1, 0.15) is 23.7 Å². The third-order valence-electron chi connectivity index (χ3n) is 3.08. The normalized spacial score (nSPS) is 15.3. The molecule has 0 spiro atoms. The Labute approximate surface area is 114 Å². The van der Waals surface area contributed by atoms with E-state index >= 15 is 0 Å². The molecule has 1 amide bonds. The Morgan fingerprint density at radius 1 is 1.56 bits per heavy atom. The van der Waals surface area contributed by atoms with Crippen LogP contribution in [0.4, 0.5) is 4.39 Å². The zero-order valence-corrected chi connectivity index (χ0v) is 11.8. The highest BCUT2D eigenvalue weighted by atomic mass is 79.9. The lowest BCUT2D eigenvalue weighted by Crippen LogP contribution is -2.59. The molecule has 0 aromatic heterocycles. The van der Waals surface area contributed by atoms with E-state index < -0.39 is 0 Å². The van der Waals surface area contributed by atoms with E-state index in [-0.39, 0.29) is 17.8 Å². The molecule has 5 heteroatoms. The maximum absolute atomic E-state index is 13.2.